The van der Waals surface area contributed by atoms with E-state index < -0.39 is 0 Å². The highest BCUT2D eigenvalue weighted by Crippen LogP contribution is 2.43. The highest BCUT2D eigenvalue weighted by Gasteiger charge is 2.36. The maximum absolute atomic E-state index is 6.25. The van der Waals surface area contributed by atoms with Crippen molar-refractivity contribution in [3.63, 3.8) is 0 Å². The molecule has 1 aromatic rings. The molecule has 0 radical (unpaired) electrons. The van der Waals surface area contributed by atoms with Gasteiger partial charge in [-0.25, -0.2) is 0 Å². The molecule has 274 valence electrons. The number of hydrogen-bond acceptors (Lipinski definition) is 3. The van der Waals surface area contributed by atoms with E-state index in [4.69, 9.17) is 14.2 Å². The Balaban J connectivity index is 0.000000344. The van der Waals surface area contributed by atoms with Crippen LogP contribution in [0.25, 0.3) is 0 Å². The van der Waals surface area contributed by atoms with Crippen molar-refractivity contribution in [3.8, 4) is 5.75 Å². The molecule has 0 heterocycles. The van der Waals surface area contributed by atoms with Gasteiger partial charge in [-0.2, -0.15) is 0 Å². The molecule has 5 atom stereocenters. The smallest absolute Gasteiger partial charge is 0.119 e. The van der Waals surface area contributed by atoms with Gasteiger partial charge in [0.25, 0.3) is 0 Å². The normalized spacial score (nSPS) is 23.6. The fraction of sp³-hybridized carbons (Fsp3) is 0.864. The maximum Gasteiger partial charge on any atom is 0.119 e. The summed E-state index contributed by atoms with van der Waals surface area (Å²) in [6.45, 7) is 28.4. The lowest BCUT2D eigenvalue weighted by Gasteiger charge is -2.42. The third kappa shape index (κ3) is 16.0. The SMILES string of the molecule is CC.CC(C)CC(C)OC1CCC2CCCCC2C1.CC(CC(C(C)(C)C)C(C)(C)C)OCCOc1ccc(C2CCCCC2)cc1. The Kier molecular flexibility index (Phi) is 19.0. The second kappa shape index (κ2) is 21.2. The minimum Gasteiger partial charge on any atom is -0.491 e. The Hall–Kier alpha value is -1.06. The van der Waals surface area contributed by atoms with Gasteiger partial charge in [-0.1, -0.05) is 126 Å². The van der Waals surface area contributed by atoms with Crippen molar-refractivity contribution in [2.75, 3.05) is 13.2 Å². The van der Waals surface area contributed by atoms with Crippen molar-refractivity contribution < 1.29 is 14.2 Å². The summed E-state index contributed by atoms with van der Waals surface area (Å²) in [5.41, 5.74) is 2.05. The summed E-state index contributed by atoms with van der Waals surface area (Å²) in [6, 6.07) is 8.77. The number of fused-ring (bicyclic) bond motifs is 1. The van der Waals surface area contributed by atoms with E-state index in [1.165, 1.54) is 89.0 Å². The van der Waals surface area contributed by atoms with Gasteiger partial charge in [-0.3, -0.25) is 0 Å². The van der Waals surface area contributed by atoms with Gasteiger partial charge in [0.05, 0.1) is 24.9 Å². The lowest BCUT2D eigenvalue weighted by molar-refractivity contribution is -0.0558. The van der Waals surface area contributed by atoms with Crippen LogP contribution in [0.2, 0.25) is 0 Å². The molecular formula is C44H80O3. The van der Waals surface area contributed by atoms with Crippen LogP contribution in [0.15, 0.2) is 24.3 Å². The fourth-order valence-electron chi connectivity index (χ4n) is 9.09. The fourth-order valence-corrected chi connectivity index (χ4v) is 9.09. The van der Waals surface area contributed by atoms with E-state index in [1.54, 1.807) is 0 Å². The molecule has 3 saturated carbocycles. The zero-order valence-electron chi connectivity index (χ0n) is 33.5. The molecule has 0 amide bonds. The topological polar surface area (TPSA) is 27.7 Å². The molecule has 0 aromatic heterocycles. The Bertz CT molecular complexity index is 903. The Labute approximate surface area is 294 Å². The first-order valence-corrected chi connectivity index (χ1v) is 20.2. The monoisotopic (exact) mass is 657 g/mol. The van der Waals surface area contributed by atoms with E-state index in [0.29, 0.717) is 31.3 Å². The number of benzene rings is 1. The minimum absolute atomic E-state index is 0.251. The molecular weight excluding hydrogens is 576 g/mol. The summed E-state index contributed by atoms with van der Waals surface area (Å²) >= 11 is 0. The first-order chi connectivity index (χ1) is 22.2. The van der Waals surface area contributed by atoms with Crippen molar-refractivity contribution in [1.82, 2.24) is 0 Å². The average Bonchev–Trinajstić information content (AvgIpc) is 3.02. The molecule has 3 aliphatic carbocycles. The third-order valence-electron chi connectivity index (χ3n) is 11.1. The van der Waals surface area contributed by atoms with Crippen LogP contribution < -0.4 is 4.74 Å². The summed E-state index contributed by atoms with van der Waals surface area (Å²) in [7, 11) is 0. The van der Waals surface area contributed by atoms with Gasteiger partial charge in [0.2, 0.25) is 0 Å². The van der Waals surface area contributed by atoms with Crippen LogP contribution in [0.4, 0.5) is 0 Å². The number of hydrogen-bond donors (Lipinski definition) is 0. The zero-order valence-corrected chi connectivity index (χ0v) is 33.5. The number of rotatable bonds is 12. The predicted octanol–water partition coefficient (Wildman–Crippen LogP) is 13.4. The predicted molar refractivity (Wildman–Crippen MR) is 205 cm³/mol. The standard InChI is InChI=1S/C26H44O2.C16H30O.C2H6/c1-20(19-24(25(2,3)4)26(5,6)7)27-17-18-28-23-15-13-22(14-16-23)21-11-9-8-10-12-21;1-12(2)10-13(3)17-16-9-8-14-6-4-5-7-15(14)11-16;1-2/h13-16,20-21,24H,8-12,17-19H2,1-7H3;12-16H,4-11H2,1-3H3;1-2H3. The van der Waals surface area contributed by atoms with Gasteiger partial charge in [-0.15, -0.1) is 0 Å². The molecule has 47 heavy (non-hydrogen) atoms. The molecule has 0 bridgehead atoms. The Morgan fingerprint density at radius 2 is 1.21 bits per heavy atom. The minimum atomic E-state index is 0.251. The van der Waals surface area contributed by atoms with Gasteiger partial charge < -0.3 is 14.2 Å². The molecule has 5 unspecified atom stereocenters. The van der Waals surface area contributed by atoms with Crippen LogP contribution in [0.1, 0.15) is 184 Å². The van der Waals surface area contributed by atoms with Crippen LogP contribution in [0, 0.1) is 34.5 Å². The molecule has 0 aliphatic heterocycles. The first kappa shape index (κ1) is 42.1. The summed E-state index contributed by atoms with van der Waals surface area (Å²) < 4.78 is 18.2. The molecule has 3 nitrogen and oxygen atoms in total. The summed E-state index contributed by atoms with van der Waals surface area (Å²) in [5, 5.41) is 0. The molecule has 0 N–H and O–H groups in total. The van der Waals surface area contributed by atoms with Crippen molar-refractivity contribution in [3.05, 3.63) is 29.8 Å². The van der Waals surface area contributed by atoms with Crippen LogP contribution in [-0.2, 0) is 9.47 Å². The van der Waals surface area contributed by atoms with Gasteiger partial charge in [0.15, 0.2) is 0 Å². The molecule has 4 rings (SSSR count). The van der Waals surface area contributed by atoms with Crippen molar-refractivity contribution in [2.24, 2.45) is 34.5 Å². The highest BCUT2D eigenvalue weighted by atomic mass is 16.5. The van der Waals surface area contributed by atoms with Gasteiger partial charge in [0, 0.05) is 0 Å². The van der Waals surface area contributed by atoms with Crippen molar-refractivity contribution >= 4 is 0 Å². The van der Waals surface area contributed by atoms with E-state index in [9.17, 15) is 0 Å². The highest BCUT2D eigenvalue weighted by molar-refractivity contribution is 5.29. The number of ether oxygens (including phenoxy) is 3. The summed E-state index contributed by atoms with van der Waals surface area (Å²) in [5.74, 6) is 5.13. The van der Waals surface area contributed by atoms with E-state index in [1.807, 2.05) is 13.8 Å². The molecule has 1 aromatic carbocycles. The van der Waals surface area contributed by atoms with E-state index in [-0.39, 0.29) is 16.9 Å². The van der Waals surface area contributed by atoms with E-state index >= 15 is 0 Å². The second-order valence-corrected chi connectivity index (χ2v) is 17.8. The van der Waals surface area contributed by atoms with Crippen molar-refractivity contribution in [1.29, 1.82) is 0 Å². The second-order valence-electron chi connectivity index (χ2n) is 17.8. The molecule has 3 fully saturated rings. The Morgan fingerprint density at radius 3 is 1.79 bits per heavy atom. The van der Waals surface area contributed by atoms with Gasteiger partial charge >= 0.3 is 0 Å². The van der Waals surface area contributed by atoms with Crippen LogP contribution >= 0.6 is 0 Å². The van der Waals surface area contributed by atoms with E-state index in [2.05, 4.69) is 93.5 Å². The largest absolute Gasteiger partial charge is 0.491 e. The average molecular weight is 657 g/mol. The molecule has 0 spiro atoms. The summed E-state index contributed by atoms with van der Waals surface area (Å²) in [6.07, 6.45) is 20.5. The van der Waals surface area contributed by atoms with Gasteiger partial charge in [0.1, 0.15) is 12.4 Å². The van der Waals surface area contributed by atoms with Crippen LogP contribution in [0.5, 0.6) is 5.75 Å². The molecule has 3 heteroatoms. The Morgan fingerprint density at radius 1 is 0.638 bits per heavy atom. The van der Waals surface area contributed by atoms with Crippen molar-refractivity contribution in [2.45, 2.75) is 197 Å². The van der Waals surface area contributed by atoms with E-state index in [0.717, 1.165) is 35.8 Å². The lowest BCUT2D eigenvalue weighted by atomic mass is 9.64. The molecule has 0 saturated heterocycles. The lowest BCUT2D eigenvalue weighted by Crippen LogP contribution is -2.35. The van der Waals surface area contributed by atoms with Crippen LogP contribution in [0.3, 0.4) is 0 Å². The van der Waals surface area contributed by atoms with Crippen LogP contribution in [-0.4, -0.2) is 31.5 Å². The van der Waals surface area contributed by atoms with Gasteiger partial charge in [-0.05, 0) is 117 Å². The first-order valence-electron chi connectivity index (χ1n) is 20.2. The molecule has 3 aliphatic rings. The summed E-state index contributed by atoms with van der Waals surface area (Å²) in [4.78, 5) is 0. The zero-order chi connectivity index (χ0) is 35.0. The quantitative estimate of drug-likeness (QED) is 0.210. The third-order valence-corrected chi connectivity index (χ3v) is 11.1. The maximum atomic E-state index is 6.25.